The molecule has 8 nitrogen and oxygen atoms in total. The van der Waals surface area contributed by atoms with Gasteiger partial charge in [-0.15, -0.1) is 22.9 Å². The smallest absolute Gasteiger partial charge is 0.418 e. The number of anilines is 2. The molecule has 34 heavy (non-hydrogen) atoms. The summed E-state index contributed by atoms with van der Waals surface area (Å²) in [5.41, 5.74) is -2.96. The van der Waals surface area contributed by atoms with E-state index in [2.05, 4.69) is 15.6 Å². The van der Waals surface area contributed by atoms with Crippen LogP contribution in [0.15, 0.2) is 29.8 Å². The Morgan fingerprint density at radius 2 is 1.82 bits per heavy atom. The Balaban J connectivity index is 2.58. The zero-order valence-electron chi connectivity index (χ0n) is 18.2. The average molecular weight is 520 g/mol. The zero-order chi connectivity index (χ0) is 25.6. The number of Topliss-reactive ketones (excluding diaryl/α,β-unsaturated/α-hetero) is 1. The Morgan fingerprint density at radius 3 is 2.35 bits per heavy atom. The number of para-hydroxylation sites is 1. The first-order chi connectivity index (χ1) is 15.9. The minimum Gasteiger partial charge on any atom is -0.465 e. The molecule has 184 valence electrons. The van der Waals surface area contributed by atoms with Crippen molar-refractivity contribution < 1.29 is 37.1 Å². The second-order valence-corrected chi connectivity index (χ2v) is 8.60. The molecule has 0 spiro atoms. The van der Waals surface area contributed by atoms with E-state index in [0.29, 0.717) is 6.07 Å². The van der Waals surface area contributed by atoms with Crippen molar-refractivity contribution in [3.63, 3.8) is 0 Å². The number of amides is 2. The molecule has 2 N–H and O–H groups in total. The lowest BCUT2D eigenvalue weighted by molar-refractivity contribution is -0.148. The van der Waals surface area contributed by atoms with E-state index in [4.69, 9.17) is 16.3 Å². The van der Waals surface area contributed by atoms with Crippen molar-refractivity contribution in [2.45, 2.75) is 32.3 Å². The molecule has 0 aliphatic carbocycles. The standard InChI is InChI=1S/C21H21ClF3N3O5S/c1-4-33-19(32)13(17(30)28-20-26-8-9-34-20)16(29)11-6-5-7-12(21(23,24)25)15(11)27-18(31)14(22)10(2)3/h5-10,13-14H,4H2,1-3H3,(H,27,31)(H,26,28,30). The Morgan fingerprint density at radius 1 is 1.15 bits per heavy atom. The molecule has 0 saturated heterocycles. The molecule has 0 aliphatic heterocycles. The first kappa shape index (κ1) is 27.3. The highest BCUT2D eigenvalue weighted by molar-refractivity contribution is 7.13. The number of halogens is 4. The molecule has 1 aromatic carbocycles. The molecule has 0 saturated carbocycles. The second-order valence-electron chi connectivity index (χ2n) is 7.24. The van der Waals surface area contributed by atoms with Crippen LogP contribution in [0.25, 0.3) is 0 Å². The van der Waals surface area contributed by atoms with Crippen molar-refractivity contribution >= 4 is 57.3 Å². The van der Waals surface area contributed by atoms with Gasteiger partial charge in [0.2, 0.25) is 11.8 Å². The third-order valence-corrected chi connectivity index (χ3v) is 5.82. The van der Waals surface area contributed by atoms with Gasteiger partial charge < -0.3 is 15.4 Å². The van der Waals surface area contributed by atoms with Crippen LogP contribution >= 0.6 is 22.9 Å². The number of nitrogens with zero attached hydrogens (tertiary/aromatic N) is 1. The molecule has 0 fully saturated rings. The van der Waals surface area contributed by atoms with Gasteiger partial charge in [0, 0.05) is 17.1 Å². The molecule has 2 atom stereocenters. The number of esters is 1. The molecule has 2 rings (SSSR count). The number of hydrogen-bond acceptors (Lipinski definition) is 7. The maximum Gasteiger partial charge on any atom is 0.418 e. The summed E-state index contributed by atoms with van der Waals surface area (Å²) in [6.07, 6.45) is -3.61. The number of thiazole rings is 1. The Bertz CT molecular complexity index is 1060. The van der Waals surface area contributed by atoms with Crippen LogP contribution < -0.4 is 10.6 Å². The Kier molecular flexibility index (Phi) is 9.16. The fraction of sp³-hybridized carbons (Fsp3) is 0.381. The maximum atomic E-state index is 13.7. The van der Waals surface area contributed by atoms with Crippen LogP contribution in [-0.4, -0.2) is 40.5 Å². The number of carbonyl (C=O) groups excluding carboxylic acids is 4. The summed E-state index contributed by atoms with van der Waals surface area (Å²) in [5.74, 6) is -7.29. The minimum absolute atomic E-state index is 0.0617. The Labute approximate surface area is 201 Å². The first-order valence-corrected chi connectivity index (χ1v) is 11.3. The van der Waals surface area contributed by atoms with Gasteiger partial charge in [0.1, 0.15) is 5.38 Å². The molecule has 2 unspecified atom stereocenters. The number of aromatic nitrogens is 1. The molecule has 0 radical (unpaired) electrons. The molecular formula is C21H21ClF3N3O5S. The SMILES string of the molecule is CCOC(=O)C(C(=O)Nc1nccs1)C(=O)c1cccc(C(F)(F)F)c1NC(=O)C(Cl)C(C)C. The lowest BCUT2D eigenvalue weighted by atomic mass is 9.93. The molecule has 0 bridgehead atoms. The van der Waals surface area contributed by atoms with E-state index in [1.807, 2.05) is 0 Å². The van der Waals surface area contributed by atoms with E-state index in [1.165, 1.54) is 18.5 Å². The number of carbonyl (C=O) groups is 4. The summed E-state index contributed by atoms with van der Waals surface area (Å²) in [6.45, 7) is 4.40. The predicted octanol–water partition coefficient (Wildman–Crippen LogP) is 4.36. The van der Waals surface area contributed by atoms with Crippen LogP contribution in [0.1, 0.15) is 36.7 Å². The number of ketones is 1. The van der Waals surface area contributed by atoms with Crippen LogP contribution in [-0.2, 0) is 25.3 Å². The van der Waals surface area contributed by atoms with Gasteiger partial charge in [-0.1, -0.05) is 19.9 Å². The predicted molar refractivity (Wildman–Crippen MR) is 120 cm³/mol. The molecule has 0 aliphatic rings. The summed E-state index contributed by atoms with van der Waals surface area (Å²) in [6, 6.07) is 2.54. The van der Waals surface area contributed by atoms with Gasteiger partial charge in [-0.05, 0) is 25.0 Å². The fourth-order valence-corrected chi connectivity index (χ4v) is 3.39. The molecule has 2 amide bonds. The number of alkyl halides is 4. The van der Waals surface area contributed by atoms with Gasteiger partial charge in [-0.2, -0.15) is 13.2 Å². The topological polar surface area (TPSA) is 114 Å². The third kappa shape index (κ3) is 6.54. The highest BCUT2D eigenvalue weighted by Crippen LogP contribution is 2.38. The van der Waals surface area contributed by atoms with Crippen LogP contribution in [0.4, 0.5) is 24.0 Å². The largest absolute Gasteiger partial charge is 0.465 e. The van der Waals surface area contributed by atoms with Gasteiger partial charge in [0.05, 0.1) is 17.9 Å². The summed E-state index contributed by atoms with van der Waals surface area (Å²) in [4.78, 5) is 54.8. The minimum atomic E-state index is -4.97. The van der Waals surface area contributed by atoms with Gasteiger partial charge >= 0.3 is 12.1 Å². The van der Waals surface area contributed by atoms with E-state index in [0.717, 1.165) is 23.5 Å². The quantitative estimate of drug-likeness (QED) is 0.220. The summed E-state index contributed by atoms with van der Waals surface area (Å²) < 4.78 is 46.0. The van der Waals surface area contributed by atoms with Crippen LogP contribution in [0.3, 0.4) is 0 Å². The van der Waals surface area contributed by atoms with Gasteiger partial charge in [-0.25, -0.2) is 4.98 Å². The highest BCUT2D eigenvalue weighted by Gasteiger charge is 2.41. The fourth-order valence-electron chi connectivity index (χ4n) is 2.80. The van der Waals surface area contributed by atoms with Crippen molar-refractivity contribution in [1.82, 2.24) is 4.98 Å². The number of nitrogens with one attached hydrogen (secondary N) is 2. The van der Waals surface area contributed by atoms with Crippen molar-refractivity contribution in [1.29, 1.82) is 0 Å². The molecule has 1 aromatic heterocycles. The lowest BCUT2D eigenvalue weighted by Gasteiger charge is -2.21. The van der Waals surface area contributed by atoms with Gasteiger partial charge in [0.25, 0.3) is 0 Å². The number of benzene rings is 1. The van der Waals surface area contributed by atoms with E-state index in [9.17, 15) is 32.3 Å². The zero-order valence-corrected chi connectivity index (χ0v) is 19.8. The lowest BCUT2D eigenvalue weighted by Crippen LogP contribution is -2.38. The Hall–Kier alpha value is -2.99. The van der Waals surface area contributed by atoms with Crippen molar-refractivity contribution in [2.75, 3.05) is 17.2 Å². The number of hydrogen-bond donors (Lipinski definition) is 2. The number of rotatable bonds is 9. The highest BCUT2D eigenvalue weighted by atomic mass is 35.5. The van der Waals surface area contributed by atoms with E-state index >= 15 is 0 Å². The van der Waals surface area contributed by atoms with E-state index in [-0.39, 0.29) is 11.7 Å². The van der Waals surface area contributed by atoms with Crippen molar-refractivity contribution in [3.8, 4) is 0 Å². The van der Waals surface area contributed by atoms with Crippen LogP contribution in [0.5, 0.6) is 0 Å². The van der Waals surface area contributed by atoms with E-state index < -0.39 is 63.8 Å². The summed E-state index contributed by atoms with van der Waals surface area (Å²) in [7, 11) is 0. The second kappa shape index (κ2) is 11.4. The molecule has 13 heteroatoms. The van der Waals surface area contributed by atoms with Gasteiger partial charge in [-0.3, -0.25) is 19.2 Å². The molecule has 2 aromatic rings. The summed E-state index contributed by atoms with van der Waals surface area (Å²) >= 11 is 6.97. The van der Waals surface area contributed by atoms with E-state index in [1.54, 1.807) is 13.8 Å². The molecule has 1 heterocycles. The third-order valence-electron chi connectivity index (χ3n) is 4.43. The molecular weight excluding hydrogens is 499 g/mol. The van der Waals surface area contributed by atoms with Gasteiger partial charge in [0.15, 0.2) is 16.8 Å². The number of ether oxygens (including phenoxy) is 1. The first-order valence-electron chi connectivity index (χ1n) is 9.94. The van der Waals surface area contributed by atoms with Crippen LogP contribution in [0.2, 0.25) is 0 Å². The maximum absolute atomic E-state index is 13.7. The van der Waals surface area contributed by atoms with Crippen molar-refractivity contribution in [2.24, 2.45) is 11.8 Å². The monoisotopic (exact) mass is 519 g/mol. The van der Waals surface area contributed by atoms with Crippen LogP contribution in [0, 0.1) is 11.8 Å². The normalized spacial score (nSPS) is 13.2. The van der Waals surface area contributed by atoms with Crippen molar-refractivity contribution in [3.05, 3.63) is 40.9 Å². The average Bonchev–Trinajstić information content (AvgIpc) is 3.25. The summed E-state index contributed by atoms with van der Waals surface area (Å²) in [5, 5.41) is 4.69.